The highest BCUT2D eigenvalue weighted by atomic mass is 32.1. The summed E-state index contributed by atoms with van der Waals surface area (Å²) in [6, 6.07) is 8.84. The van der Waals surface area contributed by atoms with E-state index in [1.807, 2.05) is 5.38 Å². The van der Waals surface area contributed by atoms with Gasteiger partial charge in [0.25, 0.3) is 0 Å². The number of nitrogens with one attached hydrogen (secondary N) is 1. The highest BCUT2D eigenvalue weighted by molar-refractivity contribution is 7.10. The summed E-state index contributed by atoms with van der Waals surface area (Å²) in [6.45, 7) is 2.91. The van der Waals surface area contributed by atoms with Crippen molar-refractivity contribution < 1.29 is 19.5 Å². The van der Waals surface area contributed by atoms with Crippen LogP contribution >= 0.6 is 11.3 Å². The van der Waals surface area contributed by atoms with Crippen molar-refractivity contribution in [2.45, 2.75) is 38.6 Å². The molecule has 1 aromatic carbocycles. The van der Waals surface area contributed by atoms with Crippen molar-refractivity contribution in [2.24, 2.45) is 0 Å². The van der Waals surface area contributed by atoms with Crippen LogP contribution in [0.4, 0.5) is 5.69 Å². The monoisotopic (exact) mass is 386 g/mol. The maximum atomic E-state index is 12.4. The second-order valence-electron chi connectivity index (χ2n) is 6.67. The molecule has 0 fully saturated rings. The largest absolute Gasteiger partial charge is 0.481 e. The highest BCUT2D eigenvalue weighted by Gasteiger charge is 2.22. The number of amides is 2. The molecule has 0 radical (unpaired) electrons. The first-order valence-corrected chi connectivity index (χ1v) is 9.77. The number of hydrogen-bond acceptors (Lipinski definition) is 4. The summed E-state index contributed by atoms with van der Waals surface area (Å²) in [5.41, 5.74) is 2.36. The lowest BCUT2D eigenvalue weighted by atomic mass is 10.0. The van der Waals surface area contributed by atoms with Gasteiger partial charge in [0.1, 0.15) is 0 Å². The summed E-state index contributed by atoms with van der Waals surface area (Å²) in [6.07, 6.45) is 1.14. The molecule has 7 heteroatoms. The summed E-state index contributed by atoms with van der Waals surface area (Å²) < 4.78 is 0. The molecule has 1 aliphatic heterocycles. The van der Waals surface area contributed by atoms with Crippen molar-refractivity contribution in [1.29, 1.82) is 0 Å². The first-order chi connectivity index (χ1) is 12.9. The van der Waals surface area contributed by atoms with Crippen LogP contribution < -0.4 is 5.32 Å². The van der Waals surface area contributed by atoms with Gasteiger partial charge in [-0.05, 0) is 48.1 Å². The number of carbonyl (C=O) groups is 3. The minimum Gasteiger partial charge on any atom is -0.481 e. The molecule has 0 saturated carbocycles. The average Bonchev–Trinajstić information content (AvgIpc) is 3.13. The Morgan fingerprint density at radius 3 is 2.85 bits per heavy atom. The number of anilines is 1. The zero-order valence-corrected chi connectivity index (χ0v) is 15.9. The number of carboxylic acid groups (broad SMARTS) is 1. The van der Waals surface area contributed by atoms with E-state index in [0.29, 0.717) is 24.3 Å². The van der Waals surface area contributed by atoms with E-state index < -0.39 is 11.9 Å². The number of carboxylic acids is 1. The highest BCUT2D eigenvalue weighted by Crippen LogP contribution is 2.24. The number of benzene rings is 1. The van der Waals surface area contributed by atoms with Gasteiger partial charge in [0.2, 0.25) is 11.8 Å². The van der Waals surface area contributed by atoms with Gasteiger partial charge >= 0.3 is 5.97 Å². The molecule has 6 nitrogen and oxygen atoms in total. The molecule has 27 heavy (non-hydrogen) atoms. The van der Waals surface area contributed by atoms with Crippen LogP contribution in [0.1, 0.15) is 41.7 Å². The fourth-order valence-electron chi connectivity index (χ4n) is 3.09. The van der Waals surface area contributed by atoms with Gasteiger partial charge in [-0.25, -0.2) is 0 Å². The van der Waals surface area contributed by atoms with Crippen molar-refractivity contribution in [3.8, 4) is 0 Å². The molecule has 0 aliphatic carbocycles. The van der Waals surface area contributed by atoms with Crippen LogP contribution in [0, 0.1) is 0 Å². The Hall–Kier alpha value is -2.67. The summed E-state index contributed by atoms with van der Waals surface area (Å²) in [5.74, 6) is -1.84. The normalized spacial score (nSPS) is 14.3. The Balaban J connectivity index is 1.51. The van der Waals surface area contributed by atoms with E-state index in [9.17, 15) is 14.4 Å². The quantitative estimate of drug-likeness (QED) is 0.798. The minimum atomic E-state index is -0.917. The van der Waals surface area contributed by atoms with Gasteiger partial charge in [0.05, 0.1) is 5.92 Å². The SMILES string of the molecule is CC(C(=O)O)c1cccc(NC(=O)CCC(=O)N2CCc3sccc3C2)c1. The number of rotatable bonds is 6. The van der Waals surface area contributed by atoms with Crippen molar-refractivity contribution in [3.05, 3.63) is 51.7 Å². The molecule has 0 spiro atoms. The Morgan fingerprint density at radius 1 is 1.26 bits per heavy atom. The fourth-order valence-corrected chi connectivity index (χ4v) is 3.98. The van der Waals surface area contributed by atoms with Crippen LogP contribution in [0.15, 0.2) is 35.7 Å². The summed E-state index contributed by atoms with van der Waals surface area (Å²) in [4.78, 5) is 38.8. The Bertz CT molecular complexity index is 861. The van der Waals surface area contributed by atoms with Gasteiger partial charge in [0, 0.05) is 36.5 Å². The third kappa shape index (κ3) is 4.74. The number of thiophene rings is 1. The van der Waals surface area contributed by atoms with Crippen LogP contribution in [0.2, 0.25) is 0 Å². The van der Waals surface area contributed by atoms with E-state index >= 15 is 0 Å². The first kappa shape index (κ1) is 19.1. The van der Waals surface area contributed by atoms with Gasteiger partial charge in [-0.1, -0.05) is 12.1 Å². The molecule has 2 N–H and O–H groups in total. The third-order valence-corrected chi connectivity index (χ3v) is 5.79. The van der Waals surface area contributed by atoms with Gasteiger partial charge in [-0.15, -0.1) is 11.3 Å². The Morgan fingerprint density at radius 2 is 2.07 bits per heavy atom. The average molecular weight is 386 g/mol. The molecule has 0 bridgehead atoms. The van der Waals surface area contributed by atoms with Gasteiger partial charge < -0.3 is 15.3 Å². The maximum Gasteiger partial charge on any atom is 0.310 e. The molecular weight excluding hydrogens is 364 g/mol. The molecule has 1 aliphatic rings. The van der Waals surface area contributed by atoms with Gasteiger partial charge in [-0.3, -0.25) is 14.4 Å². The molecule has 1 aromatic heterocycles. The van der Waals surface area contributed by atoms with Crippen LogP contribution in [0.3, 0.4) is 0 Å². The van der Waals surface area contributed by atoms with Crippen molar-refractivity contribution in [1.82, 2.24) is 4.90 Å². The summed E-state index contributed by atoms with van der Waals surface area (Å²) in [5, 5.41) is 13.9. The standard InChI is InChI=1S/C20H22N2O4S/c1-13(20(25)26)14-3-2-4-16(11-14)21-18(23)5-6-19(24)22-9-7-17-15(12-22)8-10-27-17/h2-4,8,10-11,13H,5-7,9,12H2,1H3,(H,21,23)(H,25,26). The molecule has 2 amide bonds. The second kappa shape index (κ2) is 8.35. The van der Waals surface area contributed by atoms with E-state index in [1.165, 1.54) is 10.4 Å². The number of hydrogen-bond donors (Lipinski definition) is 2. The van der Waals surface area contributed by atoms with E-state index in [4.69, 9.17) is 5.11 Å². The second-order valence-corrected chi connectivity index (χ2v) is 7.67. The van der Waals surface area contributed by atoms with Crippen molar-refractivity contribution in [3.63, 3.8) is 0 Å². The van der Waals surface area contributed by atoms with E-state index in [-0.39, 0.29) is 24.7 Å². The van der Waals surface area contributed by atoms with Gasteiger partial charge in [0.15, 0.2) is 0 Å². The molecule has 142 valence electrons. The van der Waals surface area contributed by atoms with Crippen LogP contribution in [-0.4, -0.2) is 34.3 Å². The number of fused-ring (bicyclic) bond motifs is 1. The number of carbonyl (C=O) groups excluding carboxylic acids is 2. The van der Waals surface area contributed by atoms with Crippen molar-refractivity contribution >= 4 is 34.8 Å². The lowest BCUT2D eigenvalue weighted by Crippen LogP contribution is -2.35. The molecular formula is C20H22N2O4S. The lowest BCUT2D eigenvalue weighted by molar-refractivity contribution is -0.138. The number of nitrogens with zero attached hydrogens (tertiary/aromatic N) is 1. The van der Waals surface area contributed by atoms with E-state index in [0.717, 1.165) is 6.42 Å². The van der Waals surface area contributed by atoms with Crippen molar-refractivity contribution in [2.75, 3.05) is 11.9 Å². The molecule has 2 aromatic rings. The Kier molecular flexibility index (Phi) is 5.91. The Labute approximate surface area is 161 Å². The van der Waals surface area contributed by atoms with Crippen LogP contribution in [-0.2, 0) is 27.3 Å². The molecule has 1 unspecified atom stereocenters. The van der Waals surface area contributed by atoms with E-state index in [1.54, 1.807) is 47.4 Å². The molecule has 2 heterocycles. The smallest absolute Gasteiger partial charge is 0.310 e. The van der Waals surface area contributed by atoms with Gasteiger partial charge in [-0.2, -0.15) is 0 Å². The summed E-state index contributed by atoms with van der Waals surface area (Å²) >= 11 is 1.72. The fraction of sp³-hybridized carbons (Fsp3) is 0.350. The predicted molar refractivity (Wildman–Crippen MR) is 104 cm³/mol. The first-order valence-electron chi connectivity index (χ1n) is 8.89. The topological polar surface area (TPSA) is 86.7 Å². The molecule has 3 rings (SSSR count). The zero-order valence-electron chi connectivity index (χ0n) is 15.1. The molecule has 0 saturated heterocycles. The lowest BCUT2D eigenvalue weighted by Gasteiger charge is -2.27. The summed E-state index contributed by atoms with van der Waals surface area (Å²) in [7, 11) is 0. The van der Waals surface area contributed by atoms with Crippen LogP contribution in [0.25, 0.3) is 0 Å². The van der Waals surface area contributed by atoms with E-state index in [2.05, 4.69) is 11.4 Å². The third-order valence-electron chi connectivity index (χ3n) is 4.77. The van der Waals surface area contributed by atoms with Crippen LogP contribution in [0.5, 0.6) is 0 Å². The zero-order chi connectivity index (χ0) is 19.4. The molecule has 1 atom stereocenters. The number of aliphatic carboxylic acids is 1. The maximum absolute atomic E-state index is 12.4. The minimum absolute atomic E-state index is 0.0183. The predicted octanol–water partition coefficient (Wildman–Crippen LogP) is 3.24.